The van der Waals surface area contributed by atoms with Crippen molar-refractivity contribution in [3.05, 3.63) is 120 Å². The summed E-state index contributed by atoms with van der Waals surface area (Å²) in [5.74, 6) is 0. The zero-order valence-electron chi connectivity index (χ0n) is 19.9. The van der Waals surface area contributed by atoms with Gasteiger partial charge in [-0.3, -0.25) is 0 Å². The number of hydrogen-bond donors (Lipinski definition) is 1. The first kappa shape index (κ1) is 25.3. The third-order valence-corrected chi connectivity index (χ3v) is 6.12. The molecule has 5 nitrogen and oxygen atoms in total. The highest BCUT2D eigenvalue weighted by atomic mass is 16.6. The highest BCUT2D eigenvalue weighted by Crippen LogP contribution is 2.30. The van der Waals surface area contributed by atoms with E-state index in [-0.39, 0.29) is 0 Å². The van der Waals surface area contributed by atoms with Crippen molar-refractivity contribution < 1.29 is 24.1 Å². The van der Waals surface area contributed by atoms with Crippen LogP contribution in [0.4, 0.5) is 0 Å². The molecule has 5 atom stereocenters. The van der Waals surface area contributed by atoms with E-state index in [9.17, 15) is 5.11 Å². The Labute approximate surface area is 207 Å². The monoisotopic (exact) mass is 474 g/mol. The molecular formula is C30H34O5. The van der Waals surface area contributed by atoms with E-state index < -0.39 is 30.5 Å². The zero-order valence-corrected chi connectivity index (χ0v) is 19.9. The van der Waals surface area contributed by atoms with Crippen LogP contribution in [0.3, 0.4) is 0 Å². The highest BCUT2D eigenvalue weighted by molar-refractivity contribution is 5.15. The summed E-state index contributed by atoms with van der Waals surface area (Å²) >= 11 is 0. The summed E-state index contributed by atoms with van der Waals surface area (Å²) < 4.78 is 25.0. The Bertz CT molecular complexity index is 995. The van der Waals surface area contributed by atoms with Gasteiger partial charge in [-0.2, -0.15) is 0 Å². The largest absolute Gasteiger partial charge is 0.388 e. The van der Waals surface area contributed by atoms with Crippen LogP contribution in [0.25, 0.3) is 0 Å². The van der Waals surface area contributed by atoms with Gasteiger partial charge in [0.15, 0.2) is 0 Å². The van der Waals surface area contributed by atoms with Crippen LogP contribution in [0.2, 0.25) is 0 Å². The Hall–Kier alpha value is -2.80. The fraction of sp³-hybridized carbons (Fsp3) is 0.333. The molecule has 35 heavy (non-hydrogen) atoms. The van der Waals surface area contributed by atoms with Crippen LogP contribution >= 0.6 is 0 Å². The summed E-state index contributed by atoms with van der Waals surface area (Å²) in [6.07, 6.45) is -0.537. The first-order chi connectivity index (χ1) is 17.2. The van der Waals surface area contributed by atoms with Gasteiger partial charge in [0.1, 0.15) is 24.4 Å². The second-order valence-electron chi connectivity index (χ2n) is 8.75. The lowest BCUT2D eigenvalue weighted by molar-refractivity contribution is -0.260. The van der Waals surface area contributed by atoms with Gasteiger partial charge in [-0.15, -0.1) is 6.58 Å². The van der Waals surface area contributed by atoms with E-state index in [1.54, 1.807) is 6.08 Å². The lowest BCUT2D eigenvalue weighted by atomic mass is 9.93. The average molecular weight is 475 g/mol. The molecule has 0 unspecified atom stereocenters. The molecule has 1 aliphatic heterocycles. The van der Waals surface area contributed by atoms with Gasteiger partial charge in [0, 0.05) is 0 Å². The summed E-state index contributed by atoms with van der Waals surface area (Å²) in [6.45, 7) is 5.37. The molecule has 0 aliphatic carbocycles. The molecule has 1 saturated heterocycles. The Morgan fingerprint density at radius 1 is 0.686 bits per heavy atom. The molecule has 1 fully saturated rings. The maximum absolute atomic E-state index is 11.2. The summed E-state index contributed by atoms with van der Waals surface area (Å²) in [4.78, 5) is 0. The van der Waals surface area contributed by atoms with Crippen LogP contribution < -0.4 is 0 Å². The number of aliphatic hydroxyl groups is 1. The minimum Gasteiger partial charge on any atom is -0.388 e. The van der Waals surface area contributed by atoms with Crippen molar-refractivity contribution in [2.75, 3.05) is 6.61 Å². The van der Waals surface area contributed by atoms with Gasteiger partial charge in [0.05, 0.1) is 32.5 Å². The lowest BCUT2D eigenvalue weighted by Gasteiger charge is -2.44. The van der Waals surface area contributed by atoms with E-state index in [1.165, 1.54) is 0 Å². The number of hydrogen-bond acceptors (Lipinski definition) is 5. The molecule has 3 aromatic rings. The maximum Gasteiger partial charge on any atom is 0.115 e. The smallest absolute Gasteiger partial charge is 0.115 e. The van der Waals surface area contributed by atoms with Crippen molar-refractivity contribution in [3.8, 4) is 0 Å². The summed E-state index contributed by atoms with van der Waals surface area (Å²) in [7, 11) is 0. The molecule has 0 saturated carbocycles. The van der Waals surface area contributed by atoms with E-state index >= 15 is 0 Å². The van der Waals surface area contributed by atoms with Crippen LogP contribution in [0.15, 0.2) is 104 Å². The average Bonchev–Trinajstić information content (AvgIpc) is 2.90. The number of benzene rings is 3. The summed E-state index contributed by atoms with van der Waals surface area (Å²) in [6, 6.07) is 29.9. The fourth-order valence-electron chi connectivity index (χ4n) is 4.29. The second-order valence-corrected chi connectivity index (χ2v) is 8.75. The SMILES string of the molecule is C=CC[C@H]1O[C@H](COCc2ccccc2)[C@H](OCc2ccccc2)[C@H](OCc2ccccc2)[C@H]1O. The molecule has 0 spiro atoms. The molecule has 3 aromatic carbocycles. The molecule has 1 N–H and O–H groups in total. The van der Waals surface area contributed by atoms with Crippen molar-refractivity contribution in [3.63, 3.8) is 0 Å². The molecule has 0 radical (unpaired) electrons. The molecule has 0 bridgehead atoms. The van der Waals surface area contributed by atoms with Crippen LogP contribution in [0.1, 0.15) is 23.1 Å². The Morgan fingerprint density at radius 3 is 1.69 bits per heavy atom. The van der Waals surface area contributed by atoms with Gasteiger partial charge >= 0.3 is 0 Å². The van der Waals surface area contributed by atoms with Crippen molar-refractivity contribution >= 4 is 0 Å². The minimum atomic E-state index is -0.858. The maximum atomic E-state index is 11.2. The number of rotatable bonds is 12. The third-order valence-electron chi connectivity index (χ3n) is 6.12. The molecule has 0 amide bonds. The highest BCUT2D eigenvalue weighted by Gasteiger charge is 2.46. The van der Waals surface area contributed by atoms with Gasteiger partial charge in [0.2, 0.25) is 0 Å². The van der Waals surface area contributed by atoms with Crippen molar-refractivity contribution in [1.29, 1.82) is 0 Å². The fourth-order valence-corrected chi connectivity index (χ4v) is 4.29. The van der Waals surface area contributed by atoms with E-state index in [0.717, 1.165) is 16.7 Å². The van der Waals surface area contributed by atoms with E-state index in [0.29, 0.717) is 32.8 Å². The molecule has 5 heteroatoms. The molecule has 0 aromatic heterocycles. The van der Waals surface area contributed by atoms with E-state index in [1.807, 2.05) is 91.0 Å². The van der Waals surface area contributed by atoms with E-state index in [4.69, 9.17) is 18.9 Å². The zero-order chi connectivity index (χ0) is 24.3. The summed E-state index contributed by atoms with van der Waals surface area (Å²) in [5, 5.41) is 11.2. The number of ether oxygens (including phenoxy) is 4. The van der Waals surface area contributed by atoms with Gasteiger partial charge in [-0.25, -0.2) is 0 Å². The molecular weight excluding hydrogens is 440 g/mol. The third kappa shape index (κ3) is 7.34. The summed E-state index contributed by atoms with van der Waals surface area (Å²) in [5.41, 5.74) is 3.16. The van der Waals surface area contributed by atoms with Crippen molar-refractivity contribution in [2.45, 2.75) is 56.8 Å². The molecule has 1 aliphatic rings. The second kappa shape index (κ2) is 13.3. The van der Waals surface area contributed by atoms with Crippen LogP contribution in [-0.2, 0) is 38.8 Å². The Kier molecular flexibility index (Phi) is 9.64. The van der Waals surface area contributed by atoms with Gasteiger partial charge in [-0.1, -0.05) is 97.1 Å². The predicted octanol–water partition coefficient (Wildman–Crippen LogP) is 5.08. The Morgan fingerprint density at radius 2 is 1.17 bits per heavy atom. The van der Waals surface area contributed by atoms with Crippen LogP contribution in [-0.4, -0.2) is 42.2 Å². The molecule has 4 rings (SSSR count). The molecule has 1 heterocycles. The lowest BCUT2D eigenvalue weighted by Crippen LogP contribution is -2.60. The van der Waals surface area contributed by atoms with Crippen molar-refractivity contribution in [1.82, 2.24) is 0 Å². The minimum absolute atomic E-state index is 0.319. The van der Waals surface area contributed by atoms with E-state index in [2.05, 4.69) is 6.58 Å². The van der Waals surface area contributed by atoms with Gasteiger partial charge in [0.25, 0.3) is 0 Å². The first-order valence-corrected chi connectivity index (χ1v) is 12.1. The molecule has 184 valence electrons. The Balaban J connectivity index is 1.50. The van der Waals surface area contributed by atoms with Crippen LogP contribution in [0, 0.1) is 0 Å². The normalized spacial score (nSPS) is 24.2. The van der Waals surface area contributed by atoms with Gasteiger partial charge < -0.3 is 24.1 Å². The standard InChI is InChI=1S/C30H34O5/c1-2-12-26-28(31)30(34-21-25-17-10-5-11-18-25)29(33-20-24-15-8-4-9-16-24)27(35-26)22-32-19-23-13-6-3-7-14-23/h2-11,13-18,26-31H,1,12,19-22H2/t26-,27-,28+,29+,30-/m1/s1. The topological polar surface area (TPSA) is 57.2 Å². The quantitative estimate of drug-likeness (QED) is 0.371. The van der Waals surface area contributed by atoms with Crippen LogP contribution in [0.5, 0.6) is 0 Å². The van der Waals surface area contributed by atoms with Gasteiger partial charge in [-0.05, 0) is 23.1 Å². The number of aliphatic hydroxyl groups excluding tert-OH is 1. The van der Waals surface area contributed by atoms with Crippen molar-refractivity contribution in [2.24, 2.45) is 0 Å². The predicted molar refractivity (Wildman–Crippen MR) is 136 cm³/mol. The first-order valence-electron chi connectivity index (χ1n) is 12.1.